The molecule has 1 nitrogen and oxygen atoms in total. The van der Waals surface area contributed by atoms with Crippen molar-refractivity contribution in [1.82, 2.24) is 0 Å². The standard InChI is InChI=1S/C18H28O/c1-4-5-8-14-11-15-9-6-7-10-18(15)16(13(2)3)12-19-17(14)18/h11,14,16-17H,2,4-10,12H2,1,3H3. The largest absolute Gasteiger partial charge is 0.376 e. The molecule has 0 N–H and O–H groups in total. The Morgan fingerprint density at radius 2 is 2.32 bits per heavy atom. The minimum Gasteiger partial charge on any atom is -0.376 e. The first kappa shape index (κ1) is 13.4. The van der Waals surface area contributed by atoms with Crippen LogP contribution in [-0.4, -0.2) is 12.7 Å². The SMILES string of the molecule is C=C(C)C1COC2C(CCCC)C=C3CCCCC312. The zero-order valence-corrected chi connectivity index (χ0v) is 12.6. The summed E-state index contributed by atoms with van der Waals surface area (Å²) in [4.78, 5) is 0. The first-order valence-electron chi connectivity index (χ1n) is 8.18. The van der Waals surface area contributed by atoms with E-state index in [1.807, 2.05) is 0 Å². The Morgan fingerprint density at radius 1 is 1.47 bits per heavy atom. The maximum Gasteiger partial charge on any atom is 0.0737 e. The molecule has 0 aromatic carbocycles. The molecular formula is C18H28O. The quantitative estimate of drug-likeness (QED) is 0.654. The van der Waals surface area contributed by atoms with E-state index in [1.54, 1.807) is 5.57 Å². The van der Waals surface area contributed by atoms with Crippen molar-refractivity contribution in [3.8, 4) is 0 Å². The minimum absolute atomic E-state index is 0.350. The number of unbranched alkanes of at least 4 members (excludes halogenated alkanes) is 1. The first-order valence-corrected chi connectivity index (χ1v) is 8.18. The Kier molecular flexibility index (Phi) is 3.59. The molecule has 0 amide bonds. The Labute approximate surface area is 118 Å². The van der Waals surface area contributed by atoms with Crippen LogP contribution in [-0.2, 0) is 4.74 Å². The van der Waals surface area contributed by atoms with Gasteiger partial charge in [0.1, 0.15) is 0 Å². The van der Waals surface area contributed by atoms with Gasteiger partial charge in [-0.2, -0.15) is 0 Å². The number of hydrogen-bond donors (Lipinski definition) is 0. The summed E-state index contributed by atoms with van der Waals surface area (Å²) in [5.74, 6) is 1.26. The molecule has 1 spiro atoms. The molecule has 2 fully saturated rings. The molecule has 1 heterocycles. The highest BCUT2D eigenvalue weighted by atomic mass is 16.5. The Morgan fingerprint density at radius 3 is 3.05 bits per heavy atom. The maximum atomic E-state index is 6.31. The second-order valence-electron chi connectivity index (χ2n) is 6.90. The van der Waals surface area contributed by atoms with Crippen LogP contribution in [0.5, 0.6) is 0 Å². The van der Waals surface area contributed by atoms with Gasteiger partial charge in [0.25, 0.3) is 0 Å². The summed E-state index contributed by atoms with van der Waals surface area (Å²) >= 11 is 0. The highest BCUT2D eigenvalue weighted by molar-refractivity contribution is 5.34. The van der Waals surface area contributed by atoms with Crippen LogP contribution in [0.25, 0.3) is 0 Å². The normalized spacial score (nSPS) is 40.7. The highest BCUT2D eigenvalue weighted by Crippen LogP contribution is 2.61. The van der Waals surface area contributed by atoms with Gasteiger partial charge >= 0.3 is 0 Å². The monoisotopic (exact) mass is 260 g/mol. The third kappa shape index (κ3) is 1.93. The smallest absolute Gasteiger partial charge is 0.0737 e. The summed E-state index contributed by atoms with van der Waals surface area (Å²) in [5, 5.41) is 0. The third-order valence-electron chi connectivity index (χ3n) is 5.75. The molecule has 19 heavy (non-hydrogen) atoms. The summed E-state index contributed by atoms with van der Waals surface area (Å²) in [6.45, 7) is 9.67. The molecule has 0 radical (unpaired) electrons. The van der Waals surface area contributed by atoms with Gasteiger partial charge in [-0.25, -0.2) is 0 Å². The number of hydrogen-bond acceptors (Lipinski definition) is 1. The van der Waals surface area contributed by atoms with E-state index in [9.17, 15) is 0 Å². The van der Waals surface area contributed by atoms with Crippen LogP contribution in [0.1, 0.15) is 58.8 Å². The molecule has 2 aliphatic carbocycles. The number of ether oxygens (including phenoxy) is 1. The fourth-order valence-electron chi connectivity index (χ4n) is 4.89. The van der Waals surface area contributed by atoms with Gasteiger partial charge in [0.05, 0.1) is 12.7 Å². The van der Waals surface area contributed by atoms with Gasteiger partial charge in [0, 0.05) is 17.3 Å². The van der Waals surface area contributed by atoms with Crippen molar-refractivity contribution in [1.29, 1.82) is 0 Å². The second kappa shape index (κ2) is 5.09. The van der Waals surface area contributed by atoms with Crippen molar-refractivity contribution in [3.63, 3.8) is 0 Å². The van der Waals surface area contributed by atoms with Crippen molar-refractivity contribution in [3.05, 3.63) is 23.8 Å². The van der Waals surface area contributed by atoms with Gasteiger partial charge in [-0.3, -0.25) is 0 Å². The van der Waals surface area contributed by atoms with Crippen LogP contribution in [0.15, 0.2) is 23.8 Å². The van der Waals surface area contributed by atoms with E-state index in [4.69, 9.17) is 4.74 Å². The second-order valence-corrected chi connectivity index (χ2v) is 6.90. The van der Waals surface area contributed by atoms with Gasteiger partial charge in [-0.05, 0) is 32.6 Å². The Hall–Kier alpha value is -0.560. The summed E-state index contributed by atoms with van der Waals surface area (Å²) in [5.41, 5.74) is 3.42. The van der Waals surface area contributed by atoms with E-state index in [2.05, 4.69) is 26.5 Å². The van der Waals surface area contributed by atoms with Crippen LogP contribution in [0, 0.1) is 17.3 Å². The molecule has 4 unspecified atom stereocenters. The van der Waals surface area contributed by atoms with Crippen LogP contribution in [0.4, 0.5) is 0 Å². The molecule has 1 saturated carbocycles. The minimum atomic E-state index is 0.350. The summed E-state index contributed by atoms with van der Waals surface area (Å²) in [6.07, 6.45) is 12.4. The van der Waals surface area contributed by atoms with E-state index in [0.717, 1.165) is 6.61 Å². The maximum absolute atomic E-state index is 6.31. The molecule has 0 aromatic heterocycles. The van der Waals surface area contributed by atoms with Crippen molar-refractivity contribution < 1.29 is 4.74 Å². The molecule has 1 heteroatoms. The molecule has 106 valence electrons. The highest BCUT2D eigenvalue weighted by Gasteiger charge is 2.59. The molecule has 0 bridgehead atoms. The van der Waals surface area contributed by atoms with Crippen LogP contribution in [0.2, 0.25) is 0 Å². The molecule has 4 atom stereocenters. The first-order chi connectivity index (χ1) is 9.20. The lowest BCUT2D eigenvalue weighted by Gasteiger charge is -2.41. The van der Waals surface area contributed by atoms with Crippen LogP contribution < -0.4 is 0 Å². The lowest BCUT2D eigenvalue weighted by molar-refractivity contribution is 0.0317. The lowest BCUT2D eigenvalue weighted by atomic mass is 9.61. The van der Waals surface area contributed by atoms with E-state index >= 15 is 0 Å². The molecule has 1 aliphatic heterocycles. The van der Waals surface area contributed by atoms with Gasteiger partial charge in [0.15, 0.2) is 0 Å². The van der Waals surface area contributed by atoms with E-state index in [0.29, 0.717) is 23.4 Å². The van der Waals surface area contributed by atoms with E-state index in [-0.39, 0.29) is 0 Å². The topological polar surface area (TPSA) is 9.23 Å². The Balaban J connectivity index is 1.91. The molecule has 3 aliphatic rings. The van der Waals surface area contributed by atoms with Crippen molar-refractivity contribution in [2.75, 3.05) is 6.61 Å². The van der Waals surface area contributed by atoms with E-state index < -0.39 is 0 Å². The fourth-order valence-corrected chi connectivity index (χ4v) is 4.89. The average Bonchev–Trinajstić information content (AvgIpc) is 2.89. The molecule has 3 rings (SSSR count). The van der Waals surface area contributed by atoms with E-state index in [1.165, 1.54) is 50.5 Å². The van der Waals surface area contributed by atoms with Gasteiger partial charge < -0.3 is 4.74 Å². The van der Waals surface area contributed by atoms with Gasteiger partial charge in [-0.1, -0.05) is 50.0 Å². The van der Waals surface area contributed by atoms with Gasteiger partial charge in [0.2, 0.25) is 0 Å². The predicted molar refractivity (Wildman–Crippen MR) is 80.0 cm³/mol. The summed E-state index contributed by atoms with van der Waals surface area (Å²) < 4.78 is 6.31. The molecular weight excluding hydrogens is 232 g/mol. The Bertz CT molecular complexity index is 394. The average molecular weight is 260 g/mol. The van der Waals surface area contributed by atoms with Crippen LogP contribution in [0.3, 0.4) is 0 Å². The van der Waals surface area contributed by atoms with Crippen molar-refractivity contribution >= 4 is 0 Å². The van der Waals surface area contributed by atoms with Crippen molar-refractivity contribution in [2.24, 2.45) is 17.3 Å². The molecule has 0 aromatic rings. The summed E-state index contributed by atoms with van der Waals surface area (Å²) in [6, 6.07) is 0. The van der Waals surface area contributed by atoms with Gasteiger partial charge in [-0.15, -0.1) is 0 Å². The number of rotatable bonds is 4. The molecule has 1 saturated heterocycles. The van der Waals surface area contributed by atoms with Crippen molar-refractivity contribution in [2.45, 2.75) is 64.9 Å². The predicted octanol–water partition coefficient (Wildman–Crippen LogP) is 4.88. The lowest BCUT2D eigenvalue weighted by Crippen LogP contribution is -2.39. The fraction of sp³-hybridized carbons (Fsp3) is 0.778. The third-order valence-corrected chi connectivity index (χ3v) is 5.75. The van der Waals surface area contributed by atoms with Crippen LogP contribution >= 0.6 is 0 Å². The zero-order valence-electron chi connectivity index (χ0n) is 12.6. The zero-order chi connectivity index (χ0) is 13.5. The summed E-state index contributed by atoms with van der Waals surface area (Å²) in [7, 11) is 0.